The summed E-state index contributed by atoms with van der Waals surface area (Å²) in [6.45, 7) is 0. The molecule has 0 aromatic heterocycles. The van der Waals surface area contributed by atoms with Gasteiger partial charge in [-0.2, -0.15) is 13.2 Å². The number of methoxy groups -OCH3 is 1. The lowest BCUT2D eigenvalue weighted by atomic mass is 10.2. The van der Waals surface area contributed by atoms with Gasteiger partial charge in [-0.15, -0.1) is 0 Å². The van der Waals surface area contributed by atoms with Gasteiger partial charge in [0.25, 0.3) is 20.0 Å². The maximum atomic E-state index is 13.0. The molecule has 0 unspecified atom stereocenters. The maximum Gasteiger partial charge on any atom is 0.417 e. The van der Waals surface area contributed by atoms with E-state index in [0.717, 1.165) is 24.3 Å². The van der Waals surface area contributed by atoms with E-state index < -0.39 is 36.8 Å². The van der Waals surface area contributed by atoms with Gasteiger partial charge in [0, 0.05) is 11.4 Å². The monoisotopic (exact) mass is 520 g/mol. The number of ether oxygens (including phenoxy) is 1. The van der Waals surface area contributed by atoms with Crippen molar-refractivity contribution in [3.05, 3.63) is 77.3 Å². The van der Waals surface area contributed by atoms with Crippen molar-refractivity contribution < 1.29 is 34.7 Å². The molecular weight excluding hydrogens is 505 g/mol. The smallest absolute Gasteiger partial charge is 0.417 e. The molecule has 0 aliphatic heterocycles. The van der Waals surface area contributed by atoms with Crippen LogP contribution in [0, 0.1) is 0 Å². The van der Waals surface area contributed by atoms with Gasteiger partial charge in [0.15, 0.2) is 0 Å². The van der Waals surface area contributed by atoms with Crippen LogP contribution in [0.25, 0.3) is 0 Å². The Hall–Kier alpha value is -2.96. The van der Waals surface area contributed by atoms with Gasteiger partial charge in [-0.25, -0.2) is 16.8 Å². The summed E-state index contributed by atoms with van der Waals surface area (Å²) >= 11 is 5.54. The summed E-state index contributed by atoms with van der Waals surface area (Å²) in [6, 6.07) is 12.8. The van der Waals surface area contributed by atoms with Gasteiger partial charge in [0.2, 0.25) is 0 Å². The molecule has 3 rings (SSSR count). The molecule has 0 fully saturated rings. The molecule has 7 nitrogen and oxygen atoms in total. The van der Waals surface area contributed by atoms with Crippen LogP contribution in [0.15, 0.2) is 76.5 Å². The molecule has 2 N–H and O–H groups in total. The Labute approximate surface area is 193 Å². The third kappa shape index (κ3) is 5.89. The molecule has 0 amide bonds. The van der Waals surface area contributed by atoms with Crippen molar-refractivity contribution in [3.63, 3.8) is 0 Å². The number of rotatable bonds is 7. The highest BCUT2D eigenvalue weighted by Crippen LogP contribution is 2.36. The highest BCUT2D eigenvalue weighted by atomic mass is 35.5. The summed E-state index contributed by atoms with van der Waals surface area (Å²) in [5, 5.41) is -0.570. The lowest BCUT2D eigenvalue weighted by molar-refractivity contribution is -0.137. The van der Waals surface area contributed by atoms with Crippen LogP contribution in [-0.4, -0.2) is 23.9 Å². The second-order valence-corrected chi connectivity index (χ2v) is 10.4. The fourth-order valence-corrected chi connectivity index (χ4v) is 5.02. The number of hydrogen-bond donors (Lipinski definition) is 2. The summed E-state index contributed by atoms with van der Waals surface area (Å²) in [6.07, 6.45) is -4.76. The van der Waals surface area contributed by atoms with Crippen molar-refractivity contribution in [2.75, 3.05) is 16.6 Å². The minimum atomic E-state index is -4.76. The summed E-state index contributed by atoms with van der Waals surface area (Å²) in [4.78, 5) is -0.330. The van der Waals surface area contributed by atoms with Gasteiger partial charge >= 0.3 is 6.18 Å². The molecule has 0 radical (unpaired) electrons. The number of nitrogens with one attached hydrogen (secondary N) is 2. The summed E-state index contributed by atoms with van der Waals surface area (Å²) in [5.41, 5.74) is -1.45. The first-order valence-electron chi connectivity index (χ1n) is 8.98. The average Bonchev–Trinajstić information content (AvgIpc) is 2.74. The zero-order valence-electron chi connectivity index (χ0n) is 16.7. The van der Waals surface area contributed by atoms with Gasteiger partial charge < -0.3 is 4.74 Å². The van der Waals surface area contributed by atoms with E-state index in [1.807, 2.05) is 4.72 Å². The van der Waals surface area contributed by atoms with Crippen LogP contribution in [0.3, 0.4) is 0 Å². The van der Waals surface area contributed by atoms with E-state index >= 15 is 0 Å². The normalized spacial score (nSPS) is 12.3. The van der Waals surface area contributed by atoms with Crippen LogP contribution in [0.4, 0.5) is 24.5 Å². The molecule has 13 heteroatoms. The maximum absolute atomic E-state index is 13.0. The van der Waals surface area contributed by atoms with E-state index in [1.54, 1.807) is 0 Å². The Morgan fingerprint density at radius 1 is 0.758 bits per heavy atom. The molecule has 3 aromatic carbocycles. The van der Waals surface area contributed by atoms with E-state index in [9.17, 15) is 30.0 Å². The minimum absolute atomic E-state index is 0.0372. The Bertz CT molecular complexity index is 1360. The third-order valence-electron chi connectivity index (χ3n) is 4.31. The molecule has 0 atom stereocenters. The highest BCUT2D eigenvalue weighted by Gasteiger charge is 2.33. The first-order valence-corrected chi connectivity index (χ1v) is 12.3. The Morgan fingerprint density at radius 2 is 1.21 bits per heavy atom. The molecule has 0 spiro atoms. The number of alkyl halides is 3. The quantitative estimate of drug-likeness (QED) is 0.458. The van der Waals surface area contributed by atoms with Crippen LogP contribution in [0.2, 0.25) is 5.02 Å². The van der Waals surface area contributed by atoms with Gasteiger partial charge in [-0.1, -0.05) is 11.6 Å². The number of halogens is 4. The van der Waals surface area contributed by atoms with E-state index in [1.165, 1.54) is 43.5 Å². The summed E-state index contributed by atoms with van der Waals surface area (Å²) in [5.74, 6) is 0.471. The largest absolute Gasteiger partial charge is 0.497 e. The topological polar surface area (TPSA) is 102 Å². The summed E-state index contributed by atoms with van der Waals surface area (Å²) in [7, 11) is -6.77. The zero-order valence-corrected chi connectivity index (χ0v) is 19.1. The van der Waals surface area contributed by atoms with Crippen LogP contribution in [-0.2, 0) is 26.2 Å². The van der Waals surface area contributed by atoms with Gasteiger partial charge in [-0.05, 0) is 66.7 Å². The van der Waals surface area contributed by atoms with Crippen molar-refractivity contribution in [2.24, 2.45) is 0 Å². The van der Waals surface area contributed by atoms with E-state index in [4.69, 9.17) is 16.3 Å². The molecule has 176 valence electrons. The number of sulfonamides is 2. The fraction of sp³-hybridized carbons (Fsp3) is 0.100. The predicted octanol–water partition coefficient (Wildman–Crippen LogP) is 4.97. The van der Waals surface area contributed by atoms with E-state index in [0.29, 0.717) is 11.8 Å². The number of anilines is 2. The highest BCUT2D eigenvalue weighted by molar-refractivity contribution is 7.93. The molecule has 0 bridgehead atoms. The Balaban J connectivity index is 1.79. The first kappa shape index (κ1) is 24.7. The van der Waals surface area contributed by atoms with E-state index in [2.05, 4.69) is 4.72 Å². The Kier molecular flexibility index (Phi) is 6.82. The first-order chi connectivity index (χ1) is 15.3. The second-order valence-electron chi connectivity index (χ2n) is 6.60. The minimum Gasteiger partial charge on any atom is -0.497 e. The van der Waals surface area contributed by atoms with Gasteiger partial charge in [0.1, 0.15) is 5.75 Å². The van der Waals surface area contributed by atoms with Crippen LogP contribution in [0.5, 0.6) is 5.75 Å². The van der Waals surface area contributed by atoms with Crippen molar-refractivity contribution in [3.8, 4) is 5.75 Å². The van der Waals surface area contributed by atoms with Crippen LogP contribution >= 0.6 is 11.6 Å². The fourth-order valence-electron chi connectivity index (χ4n) is 2.69. The molecule has 0 aliphatic carbocycles. The zero-order chi connectivity index (χ0) is 24.4. The molecule has 0 aliphatic rings. The molecule has 0 saturated carbocycles. The van der Waals surface area contributed by atoms with E-state index in [-0.39, 0.29) is 21.2 Å². The standard InChI is InChI=1S/C20H16ClF3N2O5S2/c1-31-15-5-9-17(10-6-15)32(27,28)25-13-2-7-16(8-3-13)33(29,30)26-14-4-11-19(21)18(12-14)20(22,23)24/h2-12,25-26H,1H3. The third-order valence-corrected chi connectivity index (χ3v) is 7.43. The van der Waals surface area contributed by atoms with Crippen molar-refractivity contribution in [1.82, 2.24) is 0 Å². The number of benzene rings is 3. The SMILES string of the molecule is COc1ccc(S(=O)(=O)Nc2ccc(S(=O)(=O)Nc3ccc(Cl)c(C(F)(F)F)c3)cc2)cc1. The summed E-state index contributed by atoms with van der Waals surface area (Å²) < 4.78 is 98.4. The lowest BCUT2D eigenvalue weighted by Crippen LogP contribution is -2.15. The van der Waals surface area contributed by atoms with Gasteiger partial charge in [-0.3, -0.25) is 9.44 Å². The number of hydrogen-bond acceptors (Lipinski definition) is 5. The Morgan fingerprint density at radius 3 is 1.70 bits per heavy atom. The molecule has 0 saturated heterocycles. The van der Waals surface area contributed by atoms with Crippen LogP contribution < -0.4 is 14.2 Å². The van der Waals surface area contributed by atoms with Crippen molar-refractivity contribution in [2.45, 2.75) is 16.0 Å². The van der Waals surface area contributed by atoms with Crippen LogP contribution in [0.1, 0.15) is 5.56 Å². The van der Waals surface area contributed by atoms with Crippen molar-refractivity contribution in [1.29, 1.82) is 0 Å². The predicted molar refractivity (Wildman–Crippen MR) is 118 cm³/mol. The van der Waals surface area contributed by atoms with Gasteiger partial charge in [0.05, 0.1) is 27.5 Å². The lowest BCUT2D eigenvalue weighted by Gasteiger charge is -2.13. The molecule has 3 aromatic rings. The average molecular weight is 521 g/mol. The molecule has 33 heavy (non-hydrogen) atoms. The molecular formula is C20H16ClF3N2O5S2. The van der Waals surface area contributed by atoms with Crippen molar-refractivity contribution >= 4 is 43.0 Å². The molecule has 0 heterocycles. The second kappa shape index (κ2) is 9.12.